The van der Waals surface area contributed by atoms with Crippen LogP contribution in [0.2, 0.25) is 0 Å². The number of nitrogens with zero attached hydrogens (tertiary/aromatic N) is 4. The van der Waals surface area contributed by atoms with Crippen LogP contribution in [0.25, 0.3) is 33.6 Å². The lowest BCUT2D eigenvalue weighted by Gasteiger charge is -2.05. The average molecular weight is 511 g/mol. The maximum absolute atomic E-state index is 2.30. The highest BCUT2D eigenvalue weighted by molar-refractivity contribution is 5.65. The topological polar surface area (TPSA) is 15.5 Å². The van der Waals surface area contributed by atoms with E-state index in [4.69, 9.17) is 0 Å². The Morgan fingerprint density at radius 1 is 0.447 bits per heavy atom. The summed E-state index contributed by atoms with van der Waals surface area (Å²) in [7, 11) is 4.28. The van der Waals surface area contributed by atoms with Gasteiger partial charge in [-0.25, -0.2) is 18.3 Å². The number of hydrogen-bond donors (Lipinski definition) is 0. The smallest absolute Gasteiger partial charge is 0.205 e. The molecule has 0 N–H and O–H groups in total. The number of aryl methyl sites for hydroxylation is 4. The maximum Gasteiger partial charge on any atom is 0.212 e. The van der Waals surface area contributed by atoms with Crippen molar-refractivity contribution in [3.63, 3.8) is 0 Å². The van der Waals surface area contributed by atoms with Gasteiger partial charge in [0.05, 0.1) is 22.3 Å². The van der Waals surface area contributed by atoms with E-state index in [2.05, 4.69) is 132 Å². The Labute approximate surface area is 229 Å². The SMILES string of the molecule is CCCCCC[n+]1ccc(-c2ccc(-c3ccc(-c4cc[n+](CCCCCC)cc4)[n+](C)c3)c[n+]2C)cc1. The second kappa shape index (κ2) is 13.9. The molecule has 0 bridgehead atoms. The number of aromatic nitrogens is 4. The van der Waals surface area contributed by atoms with Crippen LogP contribution in [0.15, 0.2) is 85.7 Å². The maximum atomic E-state index is 2.30. The van der Waals surface area contributed by atoms with Gasteiger partial charge in [-0.1, -0.05) is 39.5 Å². The van der Waals surface area contributed by atoms with Gasteiger partial charge >= 0.3 is 0 Å². The summed E-state index contributed by atoms with van der Waals surface area (Å²) in [6.45, 7) is 6.72. The van der Waals surface area contributed by atoms with Crippen molar-refractivity contribution >= 4 is 0 Å². The van der Waals surface area contributed by atoms with E-state index >= 15 is 0 Å². The zero-order valence-electron chi connectivity index (χ0n) is 23.9. The Hall–Kier alpha value is -3.40. The summed E-state index contributed by atoms with van der Waals surface area (Å²) in [5.41, 5.74) is 7.38. The summed E-state index contributed by atoms with van der Waals surface area (Å²) >= 11 is 0. The van der Waals surface area contributed by atoms with Crippen molar-refractivity contribution in [3.05, 3.63) is 85.7 Å². The fourth-order valence-corrected chi connectivity index (χ4v) is 5.15. The molecule has 4 aromatic heterocycles. The zero-order valence-corrected chi connectivity index (χ0v) is 23.9. The largest absolute Gasteiger partial charge is 0.212 e. The molecule has 0 aliphatic heterocycles. The van der Waals surface area contributed by atoms with E-state index in [1.54, 1.807) is 0 Å². The second-order valence-electron chi connectivity index (χ2n) is 10.6. The third kappa shape index (κ3) is 7.34. The van der Waals surface area contributed by atoms with Crippen LogP contribution < -0.4 is 18.3 Å². The fraction of sp³-hybridized carbons (Fsp3) is 0.412. The van der Waals surface area contributed by atoms with Gasteiger partial charge in [-0.3, -0.25) is 0 Å². The van der Waals surface area contributed by atoms with Gasteiger partial charge < -0.3 is 0 Å². The van der Waals surface area contributed by atoms with E-state index in [1.165, 1.54) is 85.0 Å². The Bertz CT molecular complexity index is 1190. The van der Waals surface area contributed by atoms with Crippen LogP contribution in [0.1, 0.15) is 65.2 Å². The van der Waals surface area contributed by atoms with E-state index in [-0.39, 0.29) is 0 Å². The lowest BCUT2D eigenvalue weighted by molar-refractivity contribution is -0.697. The monoisotopic (exact) mass is 510 g/mol. The van der Waals surface area contributed by atoms with Crippen LogP contribution in [0, 0.1) is 0 Å². The summed E-state index contributed by atoms with van der Waals surface area (Å²) in [4.78, 5) is 0. The molecule has 4 nitrogen and oxygen atoms in total. The van der Waals surface area contributed by atoms with E-state index in [9.17, 15) is 0 Å². The summed E-state index contributed by atoms with van der Waals surface area (Å²) < 4.78 is 9.07. The Kier molecular flexibility index (Phi) is 10.1. The molecule has 0 spiro atoms. The normalized spacial score (nSPS) is 11.2. The van der Waals surface area contributed by atoms with E-state index in [0.29, 0.717) is 0 Å². The fourth-order valence-electron chi connectivity index (χ4n) is 5.15. The third-order valence-corrected chi connectivity index (χ3v) is 7.51. The molecule has 4 heterocycles. The molecule has 0 fully saturated rings. The van der Waals surface area contributed by atoms with E-state index in [1.807, 2.05) is 0 Å². The Morgan fingerprint density at radius 3 is 1.18 bits per heavy atom. The van der Waals surface area contributed by atoms with Crippen molar-refractivity contribution < 1.29 is 18.3 Å². The Balaban J connectivity index is 1.43. The molecule has 0 aliphatic rings. The molecule has 0 aliphatic carbocycles. The predicted molar refractivity (Wildman–Crippen MR) is 154 cm³/mol. The molecular formula is C34H46N4+4. The summed E-state index contributed by atoms with van der Waals surface area (Å²) in [5.74, 6) is 0. The molecule has 4 aromatic rings. The predicted octanol–water partition coefficient (Wildman–Crippen LogP) is 6.07. The first-order chi connectivity index (χ1) is 18.6. The number of hydrogen-bond acceptors (Lipinski definition) is 0. The molecular weight excluding hydrogens is 464 g/mol. The van der Waals surface area contributed by atoms with Crippen molar-refractivity contribution in [2.45, 2.75) is 78.3 Å². The quantitative estimate of drug-likeness (QED) is 0.153. The molecule has 4 rings (SSSR count). The van der Waals surface area contributed by atoms with Crippen LogP contribution in [0.4, 0.5) is 0 Å². The minimum Gasteiger partial charge on any atom is -0.205 e. The first-order valence-electron chi connectivity index (χ1n) is 14.6. The molecule has 0 saturated heterocycles. The van der Waals surface area contributed by atoms with Crippen molar-refractivity contribution in [1.29, 1.82) is 0 Å². The van der Waals surface area contributed by atoms with Gasteiger partial charge in [0, 0.05) is 49.2 Å². The van der Waals surface area contributed by atoms with Crippen LogP contribution in [-0.2, 0) is 27.2 Å². The second-order valence-corrected chi connectivity index (χ2v) is 10.6. The first kappa shape index (κ1) is 27.6. The average Bonchev–Trinajstić information content (AvgIpc) is 2.94. The standard InChI is InChI=1S/C34H46N4/c1-5-7-9-11-21-37-23-17-29(18-24-37)33-15-13-31(27-35(33)3)32-14-16-34(36(4)28-32)30-19-25-38(26-20-30)22-12-10-8-6-2/h13-20,23-28H,5-12,21-22H2,1-4H3/q+4. The number of unbranched alkanes of at least 4 members (excludes halogenated alkanes) is 6. The van der Waals surface area contributed by atoms with Crippen molar-refractivity contribution in [2.75, 3.05) is 0 Å². The zero-order chi connectivity index (χ0) is 26.7. The van der Waals surface area contributed by atoms with Gasteiger partial charge in [-0.05, 0) is 25.0 Å². The highest BCUT2D eigenvalue weighted by Gasteiger charge is 2.17. The molecule has 0 amide bonds. The van der Waals surface area contributed by atoms with Crippen molar-refractivity contribution in [3.8, 4) is 33.6 Å². The summed E-state index contributed by atoms with van der Waals surface area (Å²) in [6.07, 6.45) is 23.7. The Morgan fingerprint density at radius 2 is 0.842 bits per heavy atom. The van der Waals surface area contributed by atoms with Gasteiger partial charge in [-0.15, -0.1) is 0 Å². The van der Waals surface area contributed by atoms with Gasteiger partial charge in [0.15, 0.2) is 37.2 Å². The van der Waals surface area contributed by atoms with Crippen molar-refractivity contribution in [2.24, 2.45) is 14.1 Å². The van der Waals surface area contributed by atoms with E-state index < -0.39 is 0 Å². The minimum atomic E-state index is 1.10. The summed E-state index contributed by atoms with van der Waals surface area (Å²) in [6, 6.07) is 17.9. The van der Waals surface area contributed by atoms with Crippen LogP contribution in [0.5, 0.6) is 0 Å². The van der Waals surface area contributed by atoms with Gasteiger partial charge in [-0.2, -0.15) is 0 Å². The highest BCUT2D eigenvalue weighted by atomic mass is 14.9. The van der Waals surface area contributed by atoms with E-state index in [0.717, 1.165) is 13.1 Å². The number of pyridine rings is 4. The van der Waals surface area contributed by atoms with Crippen LogP contribution in [-0.4, -0.2) is 0 Å². The summed E-state index contributed by atoms with van der Waals surface area (Å²) in [5, 5.41) is 0. The van der Waals surface area contributed by atoms with Gasteiger partial charge in [0.25, 0.3) is 0 Å². The molecule has 4 heteroatoms. The lowest BCUT2D eigenvalue weighted by Crippen LogP contribution is -2.34. The van der Waals surface area contributed by atoms with Crippen LogP contribution >= 0.6 is 0 Å². The molecule has 198 valence electrons. The first-order valence-corrected chi connectivity index (χ1v) is 14.6. The number of rotatable bonds is 13. The molecule has 0 radical (unpaired) electrons. The van der Waals surface area contributed by atoms with Gasteiger partial charge in [0.2, 0.25) is 11.4 Å². The third-order valence-electron chi connectivity index (χ3n) is 7.51. The minimum absolute atomic E-state index is 1.10. The van der Waals surface area contributed by atoms with Gasteiger partial charge in [0.1, 0.15) is 27.2 Å². The molecule has 0 atom stereocenters. The molecule has 0 saturated carbocycles. The molecule has 0 unspecified atom stereocenters. The van der Waals surface area contributed by atoms with Crippen molar-refractivity contribution in [1.82, 2.24) is 0 Å². The molecule has 38 heavy (non-hydrogen) atoms. The molecule has 0 aromatic carbocycles. The highest BCUT2D eigenvalue weighted by Crippen LogP contribution is 2.22. The van der Waals surface area contributed by atoms with Crippen LogP contribution in [0.3, 0.4) is 0 Å². The lowest BCUT2D eigenvalue weighted by atomic mass is 10.1.